The Balaban J connectivity index is 1.53. The molecule has 0 radical (unpaired) electrons. The maximum absolute atomic E-state index is 12.5. The SMILES string of the molecule is CCNC(=NCc1cccc(NC(=O)C2CCCCC2)c1)NCC1CCCO1. The van der Waals surface area contributed by atoms with Crippen LogP contribution in [0.15, 0.2) is 29.3 Å². The summed E-state index contributed by atoms with van der Waals surface area (Å²) in [6.07, 6.45) is 8.14. The van der Waals surface area contributed by atoms with Gasteiger partial charge in [-0.05, 0) is 50.3 Å². The van der Waals surface area contributed by atoms with E-state index in [1.165, 1.54) is 19.3 Å². The van der Waals surface area contributed by atoms with E-state index in [4.69, 9.17) is 4.74 Å². The van der Waals surface area contributed by atoms with Crippen LogP contribution in [0.3, 0.4) is 0 Å². The second-order valence-electron chi connectivity index (χ2n) is 7.74. The van der Waals surface area contributed by atoms with Crippen molar-refractivity contribution in [2.24, 2.45) is 10.9 Å². The second kappa shape index (κ2) is 11.1. The van der Waals surface area contributed by atoms with Gasteiger partial charge in [0.25, 0.3) is 0 Å². The molecule has 1 aromatic rings. The molecule has 6 heteroatoms. The summed E-state index contributed by atoms with van der Waals surface area (Å²) in [5.74, 6) is 1.12. The van der Waals surface area contributed by atoms with E-state index in [0.29, 0.717) is 6.54 Å². The molecule has 3 rings (SSSR count). The standard InChI is InChI=1S/C22H34N4O2/c1-2-23-22(25-16-20-12-7-13-28-20)24-15-17-8-6-11-19(14-17)26-21(27)18-9-4-3-5-10-18/h6,8,11,14,18,20H,2-5,7,9-10,12-13,15-16H2,1H3,(H,26,27)(H2,23,24,25). The highest BCUT2D eigenvalue weighted by Gasteiger charge is 2.21. The van der Waals surface area contributed by atoms with E-state index in [9.17, 15) is 4.79 Å². The van der Waals surface area contributed by atoms with Crippen LogP contribution in [-0.2, 0) is 16.1 Å². The molecular weight excluding hydrogens is 352 g/mol. The monoisotopic (exact) mass is 386 g/mol. The first-order valence-corrected chi connectivity index (χ1v) is 10.8. The number of aliphatic imine (C=N–C) groups is 1. The number of hydrogen-bond acceptors (Lipinski definition) is 3. The lowest BCUT2D eigenvalue weighted by Crippen LogP contribution is -2.41. The predicted molar refractivity (Wildman–Crippen MR) is 113 cm³/mol. The molecule has 1 unspecified atom stereocenters. The molecule has 2 fully saturated rings. The molecule has 1 aliphatic carbocycles. The van der Waals surface area contributed by atoms with Gasteiger partial charge in [-0.1, -0.05) is 31.4 Å². The van der Waals surface area contributed by atoms with Crippen LogP contribution in [-0.4, -0.2) is 37.7 Å². The number of carbonyl (C=O) groups is 1. The lowest BCUT2D eigenvalue weighted by Gasteiger charge is -2.20. The Labute approximate surface area is 168 Å². The molecule has 154 valence electrons. The summed E-state index contributed by atoms with van der Waals surface area (Å²) in [6, 6.07) is 8.00. The number of amides is 1. The summed E-state index contributed by atoms with van der Waals surface area (Å²) in [5, 5.41) is 9.74. The fourth-order valence-electron chi connectivity index (χ4n) is 3.88. The van der Waals surface area contributed by atoms with E-state index in [0.717, 1.165) is 62.6 Å². The normalized spacial score (nSPS) is 20.8. The zero-order valence-electron chi connectivity index (χ0n) is 17.0. The highest BCUT2D eigenvalue weighted by molar-refractivity contribution is 5.92. The lowest BCUT2D eigenvalue weighted by molar-refractivity contribution is -0.120. The Morgan fingerprint density at radius 1 is 1.14 bits per heavy atom. The quantitative estimate of drug-likeness (QED) is 0.496. The van der Waals surface area contributed by atoms with E-state index in [2.05, 4.69) is 27.9 Å². The van der Waals surface area contributed by atoms with Gasteiger partial charge >= 0.3 is 0 Å². The molecule has 2 aliphatic rings. The molecule has 1 atom stereocenters. The second-order valence-corrected chi connectivity index (χ2v) is 7.74. The molecular formula is C22H34N4O2. The molecule has 1 aliphatic heterocycles. The van der Waals surface area contributed by atoms with Crippen molar-refractivity contribution in [3.63, 3.8) is 0 Å². The Morgan fingerprint density at radius 3 is 2.75 bits per heavy atom. The molecule has 1 saturated carbocycles. The van der Waals surface area contributed by atoms with Crippen LogP contribution >= 0.6 is 0 Å². The Morgan fingerprint density at radius 2 is 2.00 bits per heavy atom. The molecule has 1 saturated heterocycles. The molecule has 0 aromatic heterocycles. The number of rotatable bonds is 7. The van der Waals surface area contributed by atoms with Crippen molar-refractivity contribution in [1.29, 1.82) is 0 Å². The van der Waals surface area contributed by atoms with Crippen molar-refractivity contribution in [1.82, 2.24) is 10.6 Å². The third-order valence-electron chi connectivity index (χ3n) is 5.46. The molecule has 6 nitrogen and oxygen atoms in total. The number of benzene rings is 1. The fourth-order valence-corrected chi connectivity index (χ4v) is 3.88. The van der Waals surface area contributed by atoms with Crippen LogP contribution < -0.4 is 16.0 Å². The third-order valence-corrected chi connectivity index (χ3v) is 5.46. The first-order valence-electron chi connectivity index (χ1n) is 10.8. The highest BCUT2D eigenvalue weighted by Crippen LogP contribution is 2.25. The molecule has 1 amide bonds. The van der Waals surface area contributed by atoms with Crippen LogP contribution in [0.25, 0.3) is 0 Å². The number of guanidine groups is 1. The van der Waals surface area contributed by atoms with E-state index in [1.54, 1.807) is 0 Å². The van der Waals surface area contributed by atoms with Gasteiger partial charge < -0.3 is 20.7 Å². The minimum atomic E-state index is 0.159. The molecule has 3 N–H and O–H groups in total. The Kier molecular flexibility index (Phi) is 8.15. The van der Waals surface area contributed by atoms with Gasteiger partial charge in [-0.3, -0.25) is 4.79 Å². The smallest absolute Gasteiger partial charge is 0.227 e. The first-order chi connectivity index (χ1) is 13.7. The van der Waals surface area contributed by atoms with Crippen LogP contribution in [0, 0.1) is 5.92 Å². The average Bonchev–Trinajstić information content (AvgIpc) is 3.25. The summed E-state index contributed by atoms with van der Waals surface area (Å²) in [7, 11) is 0. The molecule has 1 heterocycles. The molecule has 0 bridgehead atoms. The number of ether oxygens (including phenoxy) is 1. The van der Waals surface area contributed by atoms with Crippen LogP contribution in [0.1, 0.15) is 57.4 Å². The predicted octanol–water partition coefficient (Wildman–Crippen LogP) is 3.44. The fraction of sp³-hybridized carbons (Fsp3) is 0.636. The summed E-state index contributed by atoms with van der Waals surface area (Å²) in [6.45, 7) is 5.08. The van der Waals surface area contributed by atoms with E-state index < -0.39 is 0 Å². The maximum atomic E-state index is 12.5. The molecule has 0 spiro atoms. The van der Waals surface area contributed by atoms with Gasteiger partial charge in [0.05, 0.1) is 12.6 Å². The number of hydrogen-bond donors (Lipinski definition) is 3. The van der Waals surface area contributed by atoms with Gasteiger partial charge in [0, 0.05) is 31.3 Å². The lowest BCUT2D eigenvalue weighted by atomic mass is 9.88. The molecule has 1 aromatic carbocycles. The molecule has 28 heavy (non-hydrogen) atoms. The zero-order valence-corrected chi connectivity index (χ0v) is 17.0. The van der Waals surface area contributed by atoms with Crippen LogP contribution in [0.4, 0.5) is 5.69 Å². The Hall–Kier alpha value is -2.08. The topological polar surface area (TPSA) is 74.8 Å². The Bertz CT molecular complexity index is 650. The van der Waals surface area contributed by atoms with Gasteiger partial charge in [-0.15, -0.1) is 0 Å². The van der Waals surface area contributed by atoms with Crippen molar-refractivity contribution >= 4 is 17.6 Å². The largest absolute Gasteiger partial charge is 0.376 e. The minimum Gasteiger partial charge on any atom is -0.376 e. The summed E-state index contributed by atoms with van der Waals surface area (Å²) >= 11 is 0. The highest BCUT2D eigenvalue weighted by atomic mass is 16.5. The number of carbonyl (C=O) groups excluding carboxylic acids is 1. The van der Waals surface area contributed by atoms with E-state index >= 15 is 0 Å². The first kappa shape index (κ1) is 20.6. The van der Waals surface area contributed by atoms with Crippen molar-refractivity contribution in [3.8, 4) is 0 Å². The number of anilines is 1. The van der Waals surface area contributed by atoms with Gasteiger partial charge in [-0.2, -0.15) is 0 Å². The summed E-state index contributed by atoms with van der Waals surface area (Å²) in [4.78, 5) is 17.2. The van der Waals surface area contributed by atoms with Gasteiger partial charge in [-0.25, -0.2) is 4.99 Å². The summed E-state index contributed by atoms with van der Waals surface area (Å²) in [5.41, 5.74) is 1.94. The minimum absolute atomic E-state index is 0.159. The maximum Gasteiger partial charge on any atom is 0.227 e. The zero-order chi connectivity index (χ0) is 19.6. The number of nitrogens with zero attached hydrogens (tertiary/aromatic N) is 1. The van der Waals surface area contributed by atoms with Gasteiger partial charge in [0.15, 0.2) is 5.96 Å². The van der Waals surface area contributed by atoms with Crippen molar-refractivity contribution in [2.75, 3.05) is 25.0 Å². The van der Waals surface area contributed by atoms with Crippen LogP contribution in [0.2, 0.25) is 0 Å². The van der Waals surface area contributed by atoms with Gasteiger partial charge in [0.1, 0.15) is 0 Å². The third kappa shape index (κ3) is 6.51. The van der Waals surface area contributed by atoms with Gasteiger partial charge in [0.2, 0.25) is 5.91 Å². The summed E-state index contributed by atoms with van der Waals surface area (Å²) < 4.78 is 5.66. The number of nitrogens with one attached hydrogen (secondary N) is 3. The van der Waals surface area contributed by atoms with Crippen molar-refractivity contribution < 1.29 is 9.53 Å². The average molecular weight is 387 g/mol. The van der Waals surface area contributed by atoms with Crippen molar-refractivity contribution in [3.05, 3.63) is 29.8 Å². The van der Waals surface area contributed by atoms with E-state index in [-0.39, 0.29) is 17.9 Å². The van der Waals surface area contributed by atoms with Crippen molar-refractivity contribution in [2.45, 2.75) is 64.5 Å². The van der Waals surface area contributed by atoms with Crippen LogP contribution in [0.5, 0.6) is 0 Å². The van der Waals surface area contributed by atoms with E-state index in [1.807, 2.05) is 24.3 Å².